The number of pyridine rings is 1. The number of aromatic nitrogens is 1. The van der Waals surface area contributed by atoms with Crippen molar-refractivity contribution in [1.82, 2.24) is 15.6 Å². The number of rotatable bonds is 9. The van der Waals surface area contributed by atoms with Gasteiger partial charge in [-0.3, -0.25) is 0 Å². The van der Waals surface area contributed by atoms with E-state index in [2.05, 4.69) is 20.6 Å². The first-order valence-corrected chi connectivity index (χ1v) is 11.4. The van der Waals surface area contributed by atoms with Gasteiger partial charge in [0.15, 0.2) is 5.96 Å². The molecule has 29 heavy (non-hydrogen) atoms. The van der Waals surface area contributed by atoms with Gasteiger partial charge in [-0.1, -0.05) is 12.1 Å². The number of ether oxygens (including phenoxy) is 1. The Hall–Kier alpha value is -2.68. The van der Waals surface area contributed by atoms with E-state index >= 15 is 0 Å². The van der Waals surface area contributed by atoms with E-state index < -0.39 is 9.84 Å². The lowest BCUT2D eigenvalue weighted by Crippen LogP contribution is -2.42. The third kappa shape index (κ3) is 8.91. The molecule has 1 aromatic heterocycles. The predicted molar refractivity (Wildman–Crippen MR) is 112 cm³/mol. The van der Waals surface area contributed by atoms with Crippen molar-refractivity contribution >= 4 is 15.8 Å². The molecule has 1 unspecified atom stereocenters. The molecule has 0 bridgehead atoms. The molecule has 0 aliphatic rings. The Morgan fingerprint density at radius 1 is 1.31 bits per heavy atom. The number of sulfone groups is 1. The van der Waals surface area contributed by atoms with Crippen molar-refractivity contribution in [1.29, 1.82) is 0 Å². The summed E-state index contributed by atoms with van der Waals surface area (Å²) in [5.74, 6) is 1.10. The van der Waals surface area contributed by atoms with Crippen LogP contribution in [0.3, 0.4) is 0 Å². The normalized spacial score (nSPS) is 13.0. The summed E-state index contributed by atoms with van der Waals surface area (Å²) in [4.78, 5) is 8.73. The average Bonchev–Trinajstić information content (AvgIpc) is 2.65. The van der Waals surface area contributed by atoms with Crippen LogP contribution in [0, 0.1) is 5.82 Å². The first kappa shape index (κ1) is 22.6. The van der Waals surface area contributed by atoms with Gasteiger partial charge < -0.3 is 15.4 Å². The minimum atomic E-state index is -2.99. The number of hydrogen-bond donors (Lipinski definition) is 2. The fourth-order valence-electron chi connectivity index (χ4n) is 2.40. The molecule has 1 heterocycles. The number of halogens is 1. The molecule has 2 rings (SSSR count). The molecule has 0 saturated heterocycles. The van der Waals surface area contributed by atoms with E-state index in [0.717, 1.165) is 5.56 Å². The van der Waals surface area contributed by atoms with E-state index in [1.807, 2.05) is 19.9 Å². The average molecular weight is 423 g/mol. The molecule has 0 fully saturated rings. The summed E-state index contributed by atoms with van der Waals surface area (Å²) in [5, 5.41) is 6.34. The second kappa shape index (κ2) is 10.8. The van der Waals surface area contributed by atoms with E-state index in [1.54, 1.807) is 24.4 Å². The quantitative estimate of drug-likeness (QED) is 0.477. The zero-order valence-corrected chi connectivity index (χ0v) is 17.7. The summed E-state index contributed by atoms with van der Waals surface area (Å²) in [6, 6.07) is 9.36. The third-order valence-corrected chi connectivity index (χ3v) is 4.86. The van der Waals surface area contributed by atoms with Gasteiger partial charge in [-0.05, 0) is 38.0 Å². The van der Waals surface area contributed by atoms with Crippen molar-refractivity contribution in [2.75, 3.05) is 18.6 Å². The van der Waals surface area contributed by atoms with Gasteiger partial charge >= 0.3 is 0 Å². The SMILES string of the molecule is CCNC(=NCc1ccc(Oc2cccc(F)c2)nc1)NC(C)CCS(C)(=O)=O. The van der Waals surface area contributed by atoms with Gasteiger partial charge in [0.1, 0.15) is 21.4 Å². The molecular formula is C20H27FN4O3S. The molecule has 158 valence electrons. The minimum absolute atomic E-state index is 0.0392. The zero-order valence-electron chi connectivity index (χ0n) is 16.9. The van der Waals surface area contributed by atoms with Crippen LogP contribution in [-0.4, -0.2) is 44.0 Å². The summed E-state index contributed by atoms with van der Waals surface area (Å²) in [5.41, 5.74) is 0.873. The highest BCUT2D eigenvalue weighted by molar-refractivity contribution is 7.90. The minimum Gasteiger partial charge on any atom is -0.439 e. The number of hydrogen-bond acceptors (Lipinski definition) is 5. The Kier molecular flexibility index (Phi) is 8.38. The largest absolute Gasteiger partial charge is 0.439 e. The second-order valence-electron chi connectivity index (χ2n) is 6.72. The Balaban J connectivity index is 1.94. The fourth-order valence-corrected chi connectivity index (χ4v) is 3.18. The number of nitrogens with one attached hydrogen (secondary N) is 2. The second-order valence-corrected chi connectivity index (χ2v) is 8.98. The molecule has 2 N–H and O–H groups in total. The number of nitrogens with zero attached hydrogens (tertiary/aromatic N) is 2. The summed E-state index contributed by atoms with van der Waals surface area (Å²) < 4.78 is 41.4. The lowest BCUT2D eigenvalue weighted by atomic mass is 10.2. The van der Waals surface area contributed by atoms with Crippen LogP contribution in [0.5, 0.6) is 11.6 Å². The maximum Gasteiger partial charge on any atom is 0.219 e. The Labute approximate surface area is 171 Å². The highest BCUT2D eigenvalue weighted by atomic mass is 32.2. The lowest BCUT2D eigenvalue weighted by Gasteiger charge is -2.17. The summed E-state index contributed by atoms with van der Waals surface area (Å²) >= 11 is 0. The summed E-state index contributed by atoms with van der Waals surface area (Å²) in [7, 11) is -2.99. The standard InChI is InChI=1S/C20H27FN4O3S/c1-4-22-20(25-15(2)10-11-29(3,26)27)24-14-16-8-9-19(23-13-16)28-18-7-5-6-17(21)12-18/h5-9,12-13,15H,4,10-11,14H2,1-3H3,(H2,22,24,25). The molecule has 1 atom stereocenters. The number of aliphatic imine (C=N–C) groups is 1. The third-order valence-electron chi connectivity index (χ3n) is 3.88. The van der Waals surface area contributed by atoms with Crippen molar-refractivity contribution in [2.24, 2.45) is 4.99 Å². The molecule has 0 saturated carbocycles. The highest BCUT2D eigenvalue weighted by Gasteiger charge is 2.09. The fraction of sp³-hybridized carbons (Fsp3) is 0.400. The lowest BCUT2D eigenvalue weighted by molar-refractivity contribution is 0.457. The van der Waals surface area contributed by atoms with Gasteiger partial charge in [0.25, 0.3) is 0 Å². The van der Waals surface area contributed by atoms with Crippen LogP contribution in [0.1, 0.15) is 25.8 Å². The molecule has 1 aromatic carbocycles. The Morgan fingerprint density at radius 3 is 2.72 bits per heavy atom. The van der Waals surface area contributed by atoms with Gasteiger partial charge in [0.2, 0.25) is 5.88 Å². The predicted octanol–water partition coefficient (Wildman–Crippen LogP) is 2.89. The van der Waals surface area contributed by atoms with Crippen LogP contribution in [0.25, 0.3) is 0 Å². The smallest absolute Gasteiger partial charge is 0.219 e. The van der Waals surface area contributed by atoms with Crippen LogP contribution >= 0.6 is 0 Å². The van der Waals surface area contributed by atoms with Crippen molar-refractivity contribution < 1.29 is 17.5 Å². The van der Waals surface area contributed by atoms with Crippen molar-refractivity contribution in [2.45, 2.75) is 32.9 Å². The van der Waals surface area contributed by atoms with Crippen LogP contribution < -0.4 is 15.4 Å². The molecule has 0 aliphatic heterocycles. The summed E-state index contributed by atoms with van der Waals surface area (Å²) in [6.45, 7) is 4.95. The topological polar surface area (TPSA) is 92.7 Å². The van der Waals surface area contributed by atoms with E-state index in [-0.39, 0.29) is 17.6 Å². The Bertz CT molecular complexity index is 918. The zero-order chi connectivity index (χ0) is 21.3. The van der Waals surface area contributed by atoms with Crippen LogP contribution in [0.2, 0.25) is 0 Å². The molecule has 9 heteroatoms. The van der Waals surface area contributed by atoms with Crippen LogP contribution in [-0.2, 0) is 16.4 Å². The van der Waals surface area contributed by atoms with Gasteiger partial charge in [-0.25, -0.2) is 22.8 Å². The van der Waals surface area contributed by atoms with Crippen LogP contribution in [0.4, 0.5) is 4.39 Å². The van der Waals surface area contributed by atoms with E-state index in [0.29, 0.717) is 37.1 Å². The van der Waals surface area contributed by atoms with E-state index in [9.17, 15) is 12.8 Å². The molecule has 0 radical (unpaired) electrons. The number of benzene rings is 1. The highest BCUT2D eigenvalue weighted by Crippen LogP contribution is 2.20. The first-order valence-electron chi connectivity index (χ1n) is 9.36. The maximum absolute atomic E-state index is 13.2. The van der Waals surface area contributed by atoms with Crippen molar-refractivity contribution in [3.8, 4) is 11.6 Å². The summed E-state index contributed by atoms with van der Waals surface area (Å²) in [6.07, 6.45) is 3.37. The van der Waals surface area contributed by atoms with Gasteiger partial charge in [0.05, 0.1) is 12.3 Å². The molecule has 7 nitrogen and oxygen atoms in total. The van der Waals surface area contributed by atoms with E-state index in [1.165, 1.54) is 18.4 Å². The monoisotopic (exact) mass is 422 g/mol. The van der Waals surface area contributed by atoms with Gasteiger partial charge in [-0.15, -0.1) is 0 Å². The molecule has 0 aliphatic carbocycles. The Morgan fingerprint density at radius 2 is 2.10 bits per heavy atom. The number of guanidine groups is 1. The van der Waals surface area contributed by atoms with Gasteiger partial charge in [0, 0.05) is 37.2 Å². The molecule has 2 aromatic rings. The van der Waals surface area contributed by atoms with E-state index in [4.69, 9.17) is 4.74 Å². The van der Waals surface area contributed by atoms with Crippen LogP contribution in [0.15, 0.2) is 47.6 Å². The first-order chi connectivity index (χ1) is 13.7. The molecule has 0 amide bonds. The molecule has 0 spiro atoms. The maximum atomic E-state index is 13.2. The molecular weight excluding hydrogens is 395 g/mol. The van der Waals surface area contributed by atoms with Crippen molar-refractivity contribution in [3.63, 3.8) is 0 Å². The van der Waals surface area contributed by atoms with Gasteiger partial charge in [-0.2, -0.15) is 0 Å². The van der Waals surface area contributed by atoms with Crippen molar-refractivity contribution in [3.05, 3.63) is 54.0 Å².